The van der Waals surface area contributed by atoms with Crippen molar-refractivity contribution >= 4 is 11.9 Å². The summed E-state index contributed by atoms with van der Waals surface area (Å²) in [6.45, 7) is 4.95. The van der Waals surface area contributed by atoms with Gasteiger partial charge < -0.3 is 29.2 Å². The van der Waals surface area contributed by atoms with Crippen molar-refractivity contribution in [2.45, 2.75) is 38.9 Å². The van der Waals surface area contributed by atoms with Crippen LogP contribution in [0.5, 0.6) is 11.5 Å². The maximum Gasteiger partial charge on any atom is 0.333 e. The van der Waals surface area contributed by atoms with E-state index in [-0.39, 0.29) is 0 Å². The second kappa shape index (κ2) is 19.9. The summed E-state index contributed by atoms with van der Waals surface area (Å²) in [5.41, 5.74) is 3.46. The highest BCUT2D eigenvalue weighted by atomic mass is 16.5. The highest BCUT2D eigenvalue weighted by molar-refractivity contribution is 5.73. The minimum absolute atomic E-state index is 0.299. The van der Waals surface area contributed by atoms with Crippen LogP contribution in [0.4, 0.5) is 0 Å². The van der Waals surface area contributed by atoms with Gasteiger partial charge in [0.05, 0.1) is 0 Å². The second-order valence-electron chi connectivity index (χ2n) is 9.80. The zero-order valence-electron chi connectivity index (χ0n) is 26.0. The molecule has 3 aromatic carbocycles. The smallest absolute Gasteiger partial charge is 0.333 e. The van der Waals surface area contributed by atoms with Gasteiger partial charge in [-0.25, -0.2) is 9.59 Å². The van der Waals surface area contributed by atoms with Crippen molar-refractivity contribution in [3.8, 4) is 35.2 Å². The van der Waals surface area contributed by atoms with Gasteiger partial charge in [0.25, 0.3) is 0 Å². The Balaban J connectivity index is 1.36. The molecule has 0 aliphatic heterocycles. The Kier molecular flexibility index (Phi) is 15.2. The molecule has 0 amide bonds. The Morgan fingerprint density at radius 2 is 1.00 bits per heavy atom. The monoisotopic (exact) mass is 622 g/mol. The van der Waals surface area contributed by atoms with Crippen LogP contribution in [-0.4, -0.2) is 60.8 Å². The van der Waals surface area contributed by atoms with E-state index in [2.05, 4.69) is 23.7 Å². The normalized spacial score (nSPS) is 12.0. The highest BCUT2D eigenvalue weighted by Crippen LogP contribution is 2.16. The zero-order valence-corrected chi connectivity index (χ0v) is 26.0. The lowest BCUT2D eigenvalue weighted by Crippen LogP contribution is -2.26. The predicted molar refractivity (Wildman–Crippen MR) is 176 cm³/mol. The summed E-state index contributed by atoms with van der Waals surface area (Å²) in [7, 11) is 0. The number of hydrogen-bond acceptors (Lipinski definition) is 6. The third-order valence-electron chi connectivity index (χ3n) is 6.39. The largest absolute Gasteiger partial charge is 0.490 e. The molecule has 0 spiro atoms. The van der Waals surface area contributed by atoms with Gasteiger partial charge in [0.2, 0.25) is 0 Å². The molecule has 0 fully saturated rings. The molecule has 0 heterocycles. The molecule has 8 nitrogen and oxygen atoms in total. The molecule has 0 aliphatic rings. The van der Waals surface area contributed by atoms with Gasteiger partial charge in [-0.1, -0.05) is 47.9 Å². The summed E-state index contributed by atoms with van der Waals surface area (Å²) in [4.78, 5) is 22.5. The Morgan fingerprint density at radius 1 is 0.630 bits per heavy atom. The van der Waals surface area contributed by atoms with E-state index in [9.17, 15) is 19.8 Å². The van der Waals surface area contributed by atoms with E-state index in [0.29, 0.717) is 50.8 Å². The third kappa shape index (κ3) is 13.2. The standard InChI is InChI=1S/C38H38O8/c1-3-43-35(37(39)40)27-31-17-21-33(22-18-31)45-25-9-5-7-11-29-13-15-30(16-14-29)12-8-6-10-26-46-34-23-19-32(20-24-34)28-36(38(41)42)44-4-2/h5-6,9-10,13-24,35-36H,3-4,25-28H2,1-2H3,(H,39,40)(H,41,42)/b9-5+,10-6+. The molecular formula is C38H38O8. The van der Waals surface area contributed by atoms with Crippen LogP contribution in [0.25, 0.3) is 0 Å². The first-order valence-corrected chi connectivity index (χ1v) is 14.9. The number of rotatable bonds is 16. The molecule has 238 valence electrons. The van der Waals surface area contributed by atoms with Crippen LogP contribution in [0.2, 0.25) is 0 Å². The molecule has 2 atom stereocenters. The first-order chi connectivity index (χ1) is 22.4. The molecule has 46 heavy (non-hydrogen) atoms. The van der Waals surface area contributed by atoms with Crippen LogP contribution in [0, 0.1) is 23.7 Å². The molecule has 0 saturated heterocycles. The van der Waals surface area contributed by atoms with Crippen molar-refractivity contribution in [3.63, 3.8) is 0 Å². The fraction of sp³-hybridized carbons (Fsp3) is 0.263. The summed E-state index contributed by atoms with van der Waals surface area (Å²) in [6.07, 6.45) is 6.00. The Hall–Kier alpha value is -5.28. The maximum atomic E-state index is 11.3. The van der Waals surface area contributed by atoms with Crippen molar-refractivity contribution in [2.75, 3.05) is 26.4 Å². The number of hydrogen-bond donors (Lipinski definition) is 2. The average molecular weight is 623 g/mol. The summed E-state index contributed by atoms with van der Waals surface area (Å²) in [5, 5.41) is 18.4. The van der Waals surface area contributed by atoms with Gasteiger partial charge in [-0.15, -0.1) is 0 Å². The van der Waals surface area contributed by atoms with E-state index in [0.717, 1.165) is 22.3 Å². The molecule has 0 bridgehead atoms. The molecule has 0 saturated carbocycles. The van der Waals surface area contributed by atoms with Gasteiger partial charge >= 0.3 is 11.9 Å². The SMILES string of the molecule is CCOC(Cc1ccc(OC/C=C/C#Cc2ccc(C#C/C=C/COc3ccc(CC(OCC)C(=O)O)cc3)cc2)cc1)C(=O)O. The quantitative estimate of drug-likeness (QED) is 0.195. The van der Waals surface area contributed by atoms with Crippen LogP contribution in [0.3, 0.4) is 0 Å². The zero-order chi connectivity index (χ0) is 33.0. The van der Waals surface area contributed by atoms with E-state index in [1.54, 1.807) is 50.3 Å². The number of carboxylic acids is 2. The van der Waals surface area contributed by atoms with E-state index >= 15 is 0 Å². The molecule has 0 aliphatic carbocycles. The molecule has 0 radical (unpaired) electrons. The fourth-order valence-corrected chi connectivity index (χ4v) is 4.10. The first kappa shape index (κ1) is 35.2. The molecular weight excluding hydrogens is 584 g/mol. The van der Waals surface area contributed by atoms with Crippen molar-refractivity contribution in [1.82, 2.24) is 0 Å². The molecule has 8 heteroatoms. The molecule has 0 aromatic heterocycles. The van der Waals surface area contributed by atoms with E-state index in [1.165, 1.54) is 0 Å². The number of ether oxygens (including phenoxy) is 4. The van der Waals surface area contributed by atoms with Gasteiger partial charge in [-0.05, 0) is 97.8 Å². The summed E-state index contributed by atoms with van der Waals surface area (Å²) >= 11 is 0. The minimum Gasteiger partial charge on any atom is -0.490 e. The Morgan fingerprint density at radius 3 is 1.33 bits per heavy atom. The summed E-state index contributed by atoms with van der Waals surface area (Å²) in [6, 6.07) is 22.2. The van der Waals surface area contributed by atoms with E-state index in [4.69, 9.17) is 18.9 Å². The van der Waals surface area contributed by atoms with Gasteiger partial charge in [0.15, 0.2) is 12.2 Å². The summed E-state index contributed by atoms with van der Waals surface area (Å²) < 4.78 is 21.9. The first-order valence-electron chi connectivity index (χ1n) is 14.9. The van der Waals surface area contributed by atoms with Crippen molar-refractivity contribution in [3.05, 3.63) is 119 Å². The lowest BCUT2D eigenvalue weighted by Gasteiger charge is -2.12. The van der Waals surface area contributed by atoms with Crippen molar-refractivity contribution in [2.24, 2.45) is 0 Å². The van der Waals surface area contributed by atoms with E-state index < -0.39 is 24.1 Å². The molecule has 3 aromatic rings. The van der Waals surface area contributed by atoms with Crippen molar-refractivity contribution < 1.29 is 38.7 Å². The van der Waals surface area contributed by atoms with Gasteiger partial charge in [0.1, 0.15) is 24.7 Å². The lowest BCUT2D eigenvalue weighted by atomic mass is 10.1. The molecule has 3 rings (SSSR count). The lowest BCUT2D eigenvalue weighted by molar-refractivity contribution is -0.150. The van der Waals surface area contributed by atoms with Gasteiger partial charge in [-0.3, -0.25) is 0 Å². The predicted octanol–water partition coefficient (Wildman–Crippen LogP) is 5.72. The van der Waals surface area contributed by atoms with Gasteiger partial charge in [-0.2, -0.15) is 0 Å². The van der Waals surface area contributed by atoms with Crippen LogP contribution in [-0.2, 0) is 31.9 Å². The number of carbonyl (C=O) groups is 2. The van der Waals surface area contributed by atoms with Crippen LogP contribution in [0.1, 0.15) is 36.1 Å². The average Bonchev–Trinajstić information content (AvgIpc) is 3.05. The second-order valence-corrected chi connectivity index (χ2v) is 9.80. The Labute approximate surface area is 270 Å². The van der Waals surface area contributed by atoms with E-state index in [1.807, 2.05) is 60.7 Å². The highest BCUT2D eigenvalue weighted by Gasteiger charge is 2.18. The van der Waals surface area contributed by atoms with Gasteiger partial charge in [0, 0.05) is 37.2 Å². The number of aliphatic carboxylic acids is 2. The van der Waals surface area contributed by atoms with Crippen LogP contribution in [0.15, 0.2) is 97.1 Å². The fourth-order valence-electron chi connectivity index (χ4n) is 4.10. The molecule has 2 unspecified atom stereocenters. The van der Waals surface area contributed by atoms with Crippen molar-refractivity contribution in [1.29, 1.82) is 0 Å². The number of allylic oxidation sites excluding steroid dienone is 2. The topological polar surface area (TPSA) is 112 Å². The van der Waals surface area contributed by atoms with Crippen LogP contribution >= 0.6 is 0 Å². The third-order valence-corrected chi connectivity index (χ3v) is 6.39. The summed E-state index contributed by atoms with van der Waals surface area (Å²) in [5.74, 6) is 11.6. The Bertz CT molecular complexity index is 1440. The van der Waals surface area contributed by atoms with Crippen LogP contribution < -0.4 is 9.47 Å². The molecule has 2 N–H and O–H groups in total. The number of carboxylic acid groups (broad SMARTS) is 2. The minimum atomic E-state index is -0.972. The number of benzene rings is 3. The maximum absolute atomic E-state index is 11.3.